The van der Waals surface area contributed by atoms with Gasteiger partial charge in [0.05, 0.1) is 0 Å². The molecule has 0 unspecified atom stereocenters. The standard InChI is InChI=1S/C10H6Cl2N10/c11-9-19-6(14)3-8(20-9)21(2-17-3)22-7-4(18-10(22)12)5(13)15-1-16-7/h1-2H,(H2,13,15,16)(H2,14,19,20). The average molecular weight is 337 g/mol. The van der Waals surface area contributed by atoms with Crippen LogP contribution in [0.15, 0.2) is 12.7 Å². The summed E-state index contributed by atoms with van der Waals surface area (Å²) in [5.41, 5.74) is 13.1. The molecule has 10 nitrogen and oxygen atoms in total. The smallest absolute Gasteiger partial charge is 0.226 e. The van der Waals surface area contributed by atoms with Gasteiger partial charge in [-0.2, -0.15) is 14.6 Å². The molecule has 4 N–H and O–H groups in total. The molecule has 4 aromatic heterocycles. The van der Waals surface area contributed by atoms with Crippen LogP contribution < -0.4 is 11.5 Å². The normalized spacial score (nSPS) is 11.5. The molecular weight excluding hydrogens is 331 g/mol. The third kappa shape index (κ3) is 1.68. The van der Waals surface area contributed by atoms with E-state index in [0.29, 0.717) is 22.3 Å². The molecule has 0 aromatic carbocycles. The average Bonchev–Trinajstić information content (AvgIpc) is 3.00. The van der Waals surface area contributed by atoms with E-state index in [1.807, 2.05) is 0 Å². The minimum atomic E-state index is -0.0126. The van der Waals surface area contributed by atoms with Gasteiger partial charge >= 0.3 is 0 Å². The molecule has 110 valence electrons. The Balaban J connectivity index is 2.12. The fourth-order valence-corrected chi connectivity index (χ4v) is 2.51. The van der Waals surface area contributed by atoms with E-state index >= 15 is 0 Å². The molecule has 0 saturated carbocycles. The maximum Gasteiger partial charge on any atom is 0.226 e. The van der Waals surface area contributed by atoms with Gasteiger partial charge in [-0.15, -0.1) is 0 Å². The van der Waals surface area contributed by atoms with Crippen LogP contribution >= 0.6 is 23.2 Å². The molecule has 0 bridgehead atoms. The van der Waals surface area contributed by atoms with E-state index in [4.69, 9.17) is 34.7 Å². The Kier molecular flexibility index (Phi) is 2.59. The first-order valence-electron chi connectivity index (χ1n) is 5.87. The Morgan fingerprint density at radius 1 is 0.864 bits per heavy atom. The predicted octanol–water partition coefficient (Wildman–Crippen LogP) is 0.749. The lowest BCUT2D eigenvalue weighted by atomic mass is 10.5. The van der Waals surface area contributed by atoms with Crippen molar-refractivity contribution in [2.75, 3.05) is 11.5 Å². The van der Waals surface area contributed by atoms with Crippen LogP contribution in [-0.4, -0.2) is 39.3 Å². The van der Waals surface area contributed by atoms with Gasteiger partial charge in [0.25, 0.3) is 0 Å². The lowest BCUT2D eigenvalue weighted by Crippen LogP contribution is -2.10. The number of hydrogen-bond donors (Lipinski definition) is 2. The number of rotatable bonds is 1. The van der Waals surface area contributed by atoms with E-state index in [2.05, 4.69) is 29.9 Å². The quantitative estimate of drug-likeness (QED) is 0.383. The monoisotopic (exact) mass is 336 g/mol. The highest BCUT2D eigenvalue weighted by molar-refractivity contribution is 6.29. The number of halogens is 2. The Bertz CT molecular complexity index is 1040. The molecule has 0 atom stereocenters. The molecular formula is C10H6Cl2N10. The summed E-state index contributed by atoms with van der Waals surface area (Å²) in [6, 6.07) is 0. The fraction of sp³-hybridized carbons (Fsp3) is 0. The summed E-state index contributed by atoms with van der Waals surface area (Å²) in [5.74, 6) is 0.366. The van der Waals surface area contributed by atoms with Gasteiger partial charge < -0.3 is 11.5 Å². The SMILES string of the molecule is Nc1nc(Cl)nc2c1ncn2-n1c(Cl)nc2c(N)ncnc21. The number of nitrogens with two attached hydrogens (primary N) is 2. The number of imidazole rings is 2. The van der Waals surface area contributed by atoms with Crippen LogP contribution in [0.4, 0.5) is 11.6 Å². The molecule has 0 fully saturated rings. The Morgan fingerprint density at radius 2 is 1.68 bits per heavy atom. The van der Waals surface area contributed by atoms with Crippen molar-refractivity contribution in [2.24, 2.45) is 0 Å². The first kappa shape index (κ1) is 13.0. The van der Waals surface area contributed by atoms with Gasteiger partial charge in [0, 0.05) is 0 Å². The summed E-state index contributed by atoms with van der Waals surface area (Å²) in [6.45, 7) is 0. The summed E-state index contributed by atoms with van der Waals surface area (Å²) in [5, 5.41) is 0.0937. The van der Waals surface area contributed by atoms with Gasteiger partial charge in [0.15, 0.2) is 34.0 Å². The highest BCUT2D eigenvalue weighted by Gasteiger charge is 2.18. The number of nitrogen functional groups attached to an aromatic ring is 2. The summed E-state index contributed by atoms with van der Waals surface area (Å²) >= 11 is 12.0. The van der Waals surface area contributed by atoms with Gasteiger partial charge in [-0.05, 0) is 23.2 Å². The minimum Gasteiger partial charge on any atom is -0.382 e. The summed E-state index contributed by atoms with van der Waals surface area (Å²) in [7, 11) is 0. The van der Waals surface area contributed by atoms with Gasteiger partial charge in [0.2, 0.25) is 10.6 Å². The zero-order valence-electron chi connectivity index (χ0n) is 10.6. The largest absolute Gasteiger partial charge is 0.382 e. The highest BCUT2D eigenvalue weighted by atomic mass is 35.5. The van der Waals surface area contributed by atoms with Crippen LogP contribution in [0.1, 0.15) is 0 Å². The number of anilines is 2. The van der Waals surface area contributed by atoms with Crippen LogP contribution in [0.5, 0.6) is 0 Å². The van der Waals surface area contributed by atoms with Crippen LogP contribution in [0, 0.1) is 0 Å². The molecule has 4 rings (SSSR count). The van der Waals surface area contributed by atoms with Crippen molar-refractivity contribution < 1.29 is 0 Å². The molecule has 4 heterocycles. The van der Waals surface area contributed by atoms with Crippen molar-refractivity contribution in [3.63, 3.8) is 0 Å². The third-order valence-electron chi connectivity index (χ3n) is 3.00. The van der Waals surface area contributed by atoms with Crippen molar-refractivity contribution in [1.29, 1.82) is 0 Å². The maximum atomic E-state index is 6.18. The molecule has 4 aromatic rings. The predicted molar refractivity (Wildman–Crippen MR) is 80.3 cm³/mol. The molecule has 0 spiro atoms. The van der Waals surface area contributed by atoms with E-state index in [0.717, 1.165) is 0 Å². The van der Waals surface area contributed by atoms with Gasteiger partial charge in [-0.1, -0.05) is 0 Å². The second-order valence-corrected chi connectivity index (χ2v) is 4.94. The number of fused-ring (bicyclic) bond motifs is 2. The van der Waals surface area contributed by atoms with Gasteiger partial charge in [-0.3, -0.25) is 0 Å². The second-order valence-electron chi connectivity index (χ2n) is 4.26. The van der Waals surface area contributed by atoms with Crippen LogP contribution in [-0.2, 0) is 0 Å². The molecule has 22 heavy (non-hydrogen) atoms. The fourth-order valence-electron chi connectivity index (χ4n) is 2.09. The number of hydrogen-bond acceptors (Lipinski definition) is 8. The molecule has 0 saturated heterocycles. The lowest BCUT2D eigenvalue weighted by Gasteiger charge is -2.06. The molecule has 0 amide bonds. The molecule has 0 aliphatic carbocycles. The Morgan fingerprint density at radius 3 is 2.50 bits per heavy atom. The van der Waals surface area contributed by atoms with Crippen molar-refractivity contribution in [2.45, 2.75) is 0 Å². The van der Waals surface area contributed by atoms with Crippen molar-refractivity contribution in [3.05, 3.63) is 23.2 Å². The summed E-state index contributed by atoms with van der Waals surface area (Å²) in [4.78, 5) is 24.3. The number of aromatic nitrogens is 8. The lowest BCUT2D eigenvalue weighted by molar-refractivity contribution is 0.688. The van der Waals surface area contributed by atoms with E-state index in [1.165, 1.54) is 22.0 Å². The van der Waals surface area contributed by atoms with Crippen molar-refractivity contribution in [1.82, 2.24) is 39.3 Å². The zero-order chi connectivity index (χ0) is 15.4. The minimum absolute atomic E-state index is 0.0126. The second kappa shape index (κ2) is 4.39. The van der Waals surface area contributed by atoms with E-state index in [9.17, 15) is 0 Å². The molecule has 0 aliphatic heterocycles. The third-order valence-corrected chi connectivity index (χ3v) is 3.42. The summed E-state index contributed by atoms with van der Waals surface area (Å²) < 4.78 is 2.97. The topological polar surface area (TPSA) is 139 Å². The van der Waals surface area contributed by atoms with Crippen LogP contribution in [0.2, 0.25) is 10.6 Å². The van der Waals surface area contributed by atoms with Gasteiger partial charge in [-0.25, -0.2) is 24.6 Å². The Labute approximate surface area is 131 Å². The maximum absolute atomic E-state index is 6.18. The van der Waals surface area contributed by atoms with Crippen LogP contribution in [0.3, 0.4) is 0 Å². The van der Waals surface area contributed by atoms with E-state index in [1.54, 1.807) is 0 Å². The van der Waals surface area contributed by atoms with Crippen molar-refractivity contribution in [3.8, 4) is 0 Å². The van der Waals surface area contributed by atoms with Gasteiger partial charge in [0.1, 0.15) is 12.7 Å². The zero-order valence-corrected chi connectivity index (χ0v) is 12.2. The first-order chi connectivity index (χ1) is 10.6. The molecule has 0 aliphatic rings. The molecule has 0 radical (unpaired) electrons. The van der Waals surface area contributed by atoms with E-state index < -0.39 is 0 Å². The Hall–Kier alpha value is -2.72. The molecule has 12 heteroatoms. The summed E-state index contributed by atoms with van der Waals surface area (Å²) in [6.07, 6.45) is 2.76. The first-order valence-corrected chi connectivity index (χ1v) is 6.63. The highest BCUT2D eigenvalue weighted by Crippen LogP contribution is 2.24. The van der Waals surface area contributed by atoms with E-state index in [-0.39, 0.29) is 22.2 Å². The number of nitrogens with zero attached hydrogens (tertiary/aromatic N) is 8. The van der Waals surface area contributed by atoms with Crippen molar-refractivity contribution >= 4 is 57.2 Å². The van der Waals surface area contributed by atoms with Crippen LogP contribution in [0.25, 0.3) is 22.3 Å².